The van der Waals surface area contributed by atoms with Crippen molar-refractivity contribution in [3.63, 3.8) is 0 Å². The molecular formula is C21H30ClN5O. The van der Waals surface area contributed by atoms with E-state index < -0.39 is 0 Å². The van der Waals surface area contributed by atoms with Gasteiger partial charge in [-0.3, -0.25) is 0 Å². The number of benzene rings is 1. The number of amides is 2. The summed E-state index contributed by atoms with van der Waals surface area (Å²) in [6.45, 7) is 9.02. The smallest absolute Gasteiger partial charge is 0.319 e. The average molecular weight is 404 g/mol. The van der Waals surface area contributed by atoms with E-state index in [2.05, 4.69) is 41.3 Å². The number of imidazole rings is 1. The normalized spacial score (nSPS) is 15.9. The van der Waals surface area contributed by atoms with Gasteiger partial charge in [0.25, 0.3) is 0 Å². The lowest BCUT2D eigenvalue weighted by atomic mass is 9.86. The number of carbonyl (C=O) groups excluding carboxylic acids is 1. The Hall–Kier alpha value is -2.21. The highest BCUT2D eigenvalue weighted by atomic mass is 35.5. The quantitative estimate of drug-likeness (QED) is 0.756. The molecule has 28 heavy (non-hydrogen) atoms. The molecule has 1 fully saturated rings. The summed E-state index contributed by atoms with van der Waals surface area (Å²) in [7, 11) is 0. The van der Waals surface area contributed by atoms with E-state index in [0.717, 1.165) is 24.5 Å². The van der Waals surface area contributed by atoms with E-state index >= 15 is 0 Å². The number of halogens is 1. The first kappa shape index (κ1) is 20.5. The summed E-state index contributed by atoms with van der Waals surface area (Å²) in [6.07, 6.45) is 9.02. The zero-order chi connectivity index (χ0) is 20.1. The minimum Gasteiger partial charge on any atom is -0.370 e. The highest BCUT2D eigenvalue weighted by Crippen LogP contribution is 2.31. The maximum absolute atomic E-state index is 12.8. The maximum atomic E-state index is 12.8. The molecule has 2 aromatic rings. The van der Waals surface area contributed by atoms with Crippen LogP contribution in [0.25, 0.3) is 0 Å². The minimum absolute atomic E-state index is 0.0562. The van der Waals surface area contributed by atoms with Crippen molar-refractivity contribution in [3.05, 3.63) is 41.9 Å². The Morgan fingerprint density at radius 1 is 1.25 bits per heavy atom. The van der Waals surface area contributed by atoms with Crippen molar-refractivity contribution in [3.8, 4) is 0 Å². The van der Waals surface area contributed by atoms with Gasteiger partial charge in [0.1, 0.15) is 0 Å². The Bertz CT molecular complexity index is 779. The average Bonchev–Trinajstić information content (AvgIpc) is 3.14. The van der Waals surface area contributed by atoms with Crippen molar-refractivity contribution in [1.82, 2.24) is 14.9 Å². The molecule has 6 nitrogen and oxygen atoms in total. The van der Waals surface area contributed by atoms with Crippen LogP contribution in [0.2, 0.25) is 5.02 Å². The molecule has 152 valence electrons. The van der Waals surface area contributed by atoms with Gasteiger partial charge in [-0.25, -0.2) is 9.78 Å². The maximum Gasteiger partial charge on any atom is 0.319 e. The van der Waals surface area contributed by atoms with Crippen LogP contribution in [0.15, 0.2) is 36.9 Å². The zero-order valence-electron chi connectivity index (χ0n) is 16.9. The van der Waals surface area contributed by atoms with Crippen molar-refractivity contribution in [2.75, 3.05) is 23.3 Å². The summed E-state index contributed by atoms with van der Waals surface area (Å²) in [6, 6.07) is 5.43. The van der Waals surface area contributed by atoms with Gasteiger partial charge < -0.3 is 20.1 Å². The number of nitrogens with zero attached hydrogens (tertiary/aromatic N) is 3. The van der Waals surface area contributed by atoms with E-state index in [1.165, 1.54) is 19.3 Å². The number of carbonyl (C=O) groups is 1. The van der Waals surface area contributed by atoms with Crippen LogP contribution in [-0.2, 0) is 6.54 Å². The lowest BCUT2D eigenvalue weighted by molar-refractivity contribution is 0.219. The predicted octanol–water partition coefficient (Wildman–Crippen LogP) is 4.76. The fraction of sp³-hybridized carbons (Fsp3) is 0.524. The van der Waals surface area contributed by atoms with Crippen LogP contribution >= 0.6 is 11.6 Å². The van der Waals surface area contributed by atoms with Gasteiger partial charge >= 0.3 is 6.03 Å². The summed E-state index contributed by atoms with van der Waals surface area (Å²) >= 11 is 6.21. The van der Waals surface area contributed by atoms with Crippen molar-refractivity contribution >= 4 is 29.0 Å². The van der Waals surface area contributed by atoms with Crippen LogP contribution in [0.3, 0.4) is 0 Å². The molecule has 7 heteroatoms. The van der Waals surface area contributed by atoms with Gasteiger partial charge in [0.2, 0.25) is 0 Å². The van der Waals surface area contributed by atoms with Gasteiger partial charge in [0, 0.05) is 37.1 Å². The first-order valence-electron chi connectivity index (χ1n) is 9.91. The van der Waals surface area contributed by atoms with Crippen molar-refractivity contribution in [2.45, 2.75) is 52.6 Å². The second-order valence-electron chi connectivity index (χ2n) is 8.49. The Morgan fingerprint density at radius 3 is 2.64 bits per heavy atom. The molecule has 1 unspecified atom stereocenters. The van der Waals surface area contributed by atoms with E-state index in [1.54, 1.807) is 12.5 Å². The van der Waals surface area contributed by atoms with Crippen LogP contribution in [0.5, 0.6) is 0 Å². The van der Waals surface area contributed by atoms with Gasteiger partial charge in [-0.2, -0.15) is 0 Å². The van der Waals surface area contributed by atoms with Crippen molar-refractivity contribution in [1.29, 1.82) is 0 Å². The monoisotopic (exact) mass is 403 g/mol. The van der Waals surface area contributed by atoms with Crippen molar-refractivity contribution < 1.29 is 4.79 Å². The van der Waals surface area contributed by atoms with Gasteiger partial charge in [-0.05, 0) is 42.9 Å². The number of piperidine rings is 1. The molecule has 0 saturated carbocycles. The molecule has 1 aliphatic heterocycles. The Morgan fingerprint density at radius 2 is 2.00 bits per heavy atom. The molecule has 1 saturated heterocycles. The first-order chi connectivity index (χ1) is 13.3. The number of rotatable bonds is 5. The van der Waals surface area contributed by atoms with Gasteiger partial charge in [-0.1, -0.05) is 32.4 Å². The largest absolute Gasteiger partial charge is 0.370 e. The van der Waals surface area contributed by atoms with E-state index in [9.17, 15) is 4.79 Å². The van der Waals surface area contributed by atoms with E-state index in [4.69, 9.17) is 11.6 Å². The van der Waals surface area contributed by atoms with E-state index in [0.29, 0.717) is 11.6 Å². The lowest BCUT2D eigenvalue weighted by Crippen LogP contribution is -2.48. The number of hydrogen-bond donors (Lipinski definition) is 2. The molecule has 1 aromatic carbocycles. The fourth-order valence-corrected chi connectivity index (χ4v) is 3.65. The third-order valence-electron chi connectivity index (χ3n) is 5.21. The summed E-state index contributed by atoms with van der Waals surface area (Å²) in [4.78, 5) is 19.2. The molecule has 2 heterocycles. The first-order valence-corrected chi connectivity index (χ1v) is 10.3. The fourth-order valence-electron chi connectivity index (χ4n) is 3.48. The van der Waals surface area contributed by atoms with Crippen LogP contribution in [-0.4, -0.2) is 34.7 Å². The summed E-state index contributed by atoms with van der Waals surface area (Å²) in [5.74, 6) is 0. The number of aromatic nitrogens is 2. The highest BCUT2D eigenvalue weighted by Gasteiger charge is 2.27. The van der Waals surface area contributed by atoms with Gasteiger partial charge in [0.05, 0.1) is 23.7 Å². The highest BCUT2D eigenvalue weighted by molar-refractivity contribution is 6.31. The lowest BCUT2D eigenvalue weighted by Gasteiger charge is -2.33. The molecule has 1 aromatic heterocycles. The molecule has 1 aliphatic rings. The Kier molecular flexibility index (Phi) is 6.50. The molecular weight excluding hydrogens is 374 g/mol. The number of nitrogens with one attached hydrogen (secondary N) is 2. The van der Waals surface area contributed by atoms with E-state index in [1.807, 2.05) is 29.0 Å². The Balaban J connectivity index is 1.73. The molecule has 2 N–H and O–H groups in total. The summed E-state index contributed by atoms with van der Waals surface area (Å²) in [5.41, 5.74) is 1.68. The van der Waals surface area contributed by atoms with E-state index in [-0.39, 0.29) is 17.5 Å². The number of anilines is 2. The zero-order valence-corrected chi connectivity index (χ0v) is 17.7. The number of urea groups is 1. The van der Waals surface area contributed by atoms with Crippen LogP contribution < -0.4 is 15.5 Å². The van der Waals surface area contributed by atoms with Crippen LogP contribution in [0, 0.1) is 5.41 Å². The third-order valence-corrected chi connectivity index (χ3v) is 5.44. The molecule has 2 amide bonds. The van der Waals surface area contributed by atoms with Gasteiger partial charge in [-0.15, -0.1) is 0 Å². The molecule has 0 radical (unpaired) electrons. The molecule has 0 spiro atoms. The molecule has 1 atom stereocenters. The summed E-state index contributed by atoms with van der Waals surface area (Å²) in [5, 5.41) is 6.78. The summed E-state index contributed by atoms with van der Waals surface area (Å²) < 4.78 is 1.98. The van der Waals surface area contributed by atoms with Crippen LogP contribution in [0.4, 0.5) is 16.2 Å². The second-order valence-corrected chi connectivity index (χ2v) is 8.92. The van der Waals surface area contributed by atoms with Crippen molar-refractivity contribution in [2.24, 2.45) is 5.41 Å². The number of hydrogen-bond acceptors (Lipinski definition) is 3. The second kappa shape index (κ2) is 8.86. The predicted molar refractivity (Wildman–Crippen MR) is 115 cm³/mol. The third kappa shape index (κ3) is 5.41. The topological polar surface area (TPSA) is 62.2 Å². The van der Waals surface area contributed by atoms with Gasteiger partial charge in [0.15, 0.2) is 0 Å². The molecule has 0 bridgehead atoms. The standard InChI is InChI=1S/C21H30ClN5O/c1-21(2,3)19(14-26-12-9-23-15-26)25-20(28)24-17-13-16(22)7-8-18(17)27-10-5-4-6-11-27/h7-9,12-13,15,19H,4-6,10-11,14H2,1-3H3,(H2,24,25,28). The molecule has 3 rings (SSSR count). The minimum atomic E-state index is -0.222. The SMILES string of the molecule is CC(C)(C)C(Cn1ccnc1)NC(=O)Nc1cc(Cl)ccc1N1CCCCC1. The Labute approximate surface area is 172 Å². The molecule has 0 aliphatic carbocycles. The van der Waals surface area contributed by atoms with Crippen LogP contribution in [0.1, 0.15) is 40.0 Å².